The average Bonchev–Trinajstić information content (AvgIpc) is 2.56. The van der Waals surface area contributed by atoms with Crippen molar-refractivity contribution in [2.75, 3.05) is 36.0 Å². The van der Waals surface area contributed by atoms with Crippen LogP contribution in [0, 0.1) is 0 Å². The zero-order chi connectivity index (χ0) is 14.2. The second-order valence-electron chi connectivity index (χ2n) is 5.16. The van der Waals surface area contributed by atoms with Gasteiger partial charge in [0.25, 0.3) is 5.91 Å². The Hall–Kier alpha value is -2.56. The predicted octanol–water partition coefficient (Wildman–Crippen LogP) is 1.94. The Labute approximate surface area is 122 Å². The van der Waals surface area contributed by atoms with Crippen LogP contribution in [-0.4, -0.2) is 37.1 Å². The van der Waals surface area contributed by atoms with Gasteiger partial charge in [-0.25, -0.2) is 0 Å². The number of pyridine rings is 1. The van der Waals surface area contributed by atoms with E-state index in [9.17, 15) is 4.79 Å². The van der Waals surface area contributed by atoms with Gasteiger partial charge in [-0.1, -0.05) is 6.07 Å². The van der Waals surface area contributed by atoms with E-state index in [-0.39, 0.29) is 5.91 Å². The molecule has 0 atom stereocenters. The lowest BCUT2D eigenvalue weighted by molar-refractivity contribution is 0.0986. The summed E-state index contributed by atoms with van der Waals surface area (Å²) in [6.07, 6.45) is 3.29. The van der Waals surface area contributed by atoms with Crippen molar-refractivity contribution in [2.45, 2.75) is 0 Å². The van der Waals surface area contributed by atoms with Gasteiger partial charge in [-0.3, -0.25) is 9.78 Å². The molecule has 0 radical (unpaired) electrons. The quantitative estimate of drug-likeness (QED) is 0.801. The molecule has 0 saturated heterocycles. The number of nitrogens with zero attached hydrogens (tertiary/aromatic N) is 3. The number of carbonyl (C=O) groups is 1. The van der Waals surface area contributed by atoms with Gasteiger partial charge >= 0.3 is 0 Å². The maximum atomic E-state index is 12.7. The molecule has 1 amide bonds. The molecular weight excluding hydrogens is 266 g/mol. The van der Waals surface area contributed by atoms with E-state index in [2.05, 4.69) is 9.88 Å². The largest absolute Gasteiger partial charge is 0.489 e. The molecule has 0 spiro atoms. The molecule has 0 fully saturated rings. The summed E-state index contributed by atoms with van der Waals surface area (Å²) >= 11 is 0. The molecular formula is C16H15N3O2. The number of hydrogen-bond donors (Lipinski definition) is 0. The standard InChI is InChI=1S/C16H15N3O2/c20-16(12-3-2-6-17-11-12)19-8-7-18-9-10-21-14-5-1-4-13(19)15(14)18/h1-6,11H,7-10H2. The molecule has 21 heavy (non-hydrogen) atoms. The van der Waals surface area contributed by atoms with E-state index in [4.69, 9.17) is 4.74 Å². The minimum Gasteiger partial charge on any atom is -0.489 e. The third-order valence-electron chi connectivity index (χ3n) is 3.95. The van der Waals surface area contributed by atoms with Gasteiger partial charge in [0.05, 0.1) is 17.8 Å². The van der Waals surface area contributed by atoms with Gasteiger partial charge in [0.15, 0.2) is 0 Å². The fourth-order valence-electron chi connectivity index (χ4n) is 2.96. The van der Waals surface area contributed by atoms with E-state index in [1.807, 2.05) is 23.1 Å². The summed E-state index contributed by atoms with van der Waals surface area (Å²) < 4.78 is 5.71. The lowest BCUT2D eigenvalue weighted by atomic mass is 10.1. The first-order chi connectivity index (χ1) is 10.3. The van der Waals surface area contributed by atoms with Gasteiger partial charge in [0.2, 0.25) is 0 Å². The summed E-state index contributed by atoms with van der Waals surface area (Å²) in [6, 6.07) is 9.46. The third-order valence-corrected chi connectivity index (χ3v) is 3.95. The van der Waals surface area contributed by atoms with Crippen LogP contribution in [0.3, 0.4) is 0 Å². The number of ether oxygens (including phenoxy) is 1. The van der Waals surface area contributed by atoms with Crippen LogP contribution in [0.5, 0.6) is 5.75 Å². The second-order valence-corrected chi connectivity index (χ2v) is 5.16. The molecule has 3 heterocycles. The van der Waals surface area contributed by atoms with E-state index in [0.29, 0.717) is 18.7 Å². The van der Waals surface area contributed by atoms with Crippen LogP contribution in [0.2, 0.25) is 0 Å². The first kappa shape index (κ1) is 12.2. The van der Waals surface area contributed by atoms with Crippen molar-refractivity contribution >= 4 is 17.3 Å². The van der Waals surface area contributed by atoms with Crippen molar-refractivity contribution in [1.29, 1.82) is 0 Å². The van der Waals surface area contributed by atoms with E-state index >= 15 is 0 Å². The summed E-state index contributed by atoms with van der Waals surface area (Å²) in [5, 5.41) is 0. The van der Waals surface area contributed by atoms with E-state index in [0.717, 1.165) is 30.2 Å². The highest BCUT2D eigenvalue weighted by atomic mass is 16.5. The first-order valence-corrected chi connectivity index (χ1v) is 7.07. The fraction of sp³-hybridized carbons (Fsp3) is 0.250. The van der Waals surface area contributed by atoms with Crippen molar-refractivity contribution in [2.24, 2.45) is 0 Å². The first-order valence-electron chi connectivity index (χ1n) is 7.07. The Balaban J connectivity index is 1.77. The highest BCUT2D eigenvalue weighted by Gasteiger charge is 2.31. The van der Waals surface area contributed by atoms with Crippen molar-refractivity contribution < 1.29 is 9.53 Å². The summed E-state index contributed by atoms with van der Waals surface area (Å²) in [5.74, 6) is 0.851. The van der Waals surface area contributed by atoms with E-state index < -0.39 is 0 Å². The van der Waals surface area contributed by atoms with Crippen LogP contribution < -0.4 is 14.5 Å². The summed E-state index contributed by atoms with van der Waals surface area (Å²) in [7, 11) is 0. The number of amides is 1. The highest BCUT2D eigenvalue weighted by molar-refractivity contribution is 6.08. The molecule has 2 aliphatic rings. The lowest BCUT2D eigenvalue weighted by Crippen LogP contribution is -2.47. The van der Waals surface area contributed by atoms with Crippen LogP contribution >= 0.6 is 0 Å². The highest BCUT2D eigenvalue weighted by Crippen LogP contribution is 2.42. The smallest absolute Gasteiger partial charge is 0.259 e. The van der Waals surface area contributed by atoms with Gasteiger partial charge in [0, 0.05) is 25.5 Å². The monoisotopic (exact) mass is 281 g/mol. The molecule has 5 nitrogen and oxygen atoms in total. The molecule has 1 aromatic heterocycles. The van der Waals surface area contributed by atoms with Crippen molar-refractivity contribution in [3.05, 3.63) is 48.3 Å². The van der Waals surface area contributed by atoms with Crippen LogP contribution in [0.15, 0.2) is 42.7 Å². The zero-order valence-corrected chi connectivity index (χ0v) is 11.5. The van der Waals surface area contributed by atoms with Crippen LogP contribution in [0.1, 0.15) is 10.4 Å². The number of anilines is 2. The van der Waals surface area contributed by atoms with E-state index in [1.165, 1.54) is 0 Å². The molecule has 0 unspecified atom stereocenters. The molecule has 0 bridgehead atoms. The zero-order valence-electron chi connectivity index (χ0n) is 11.5. The Kier molecular flexibility index (Phi) is 2.77. The van der Waals surface area contributed by atoms with Crippen molar-refractivity contribution in [3.8, 4) is 5.75 Å². The topological polar surface area (TPSA) is 45.7 Å². The number of benzene rings is 1. The maximum Gasteiger partial charge on any atom is 0.259 e. The van der Waals surface area contributed by atoms with Crippen molar-refractivity contribution in [1.82, 2.24) is 4.98 Å². The Morgan fingerprint density at radius 2 is 2.10 bits per heavy atom. The van der Waals surface area contributed by atoms with Gasteiger partial charge in [-0.2, -0.15) is 0 Å². The van der Waals surface area contributed by atoms with Gasteiger partial charge < -0.3 is 14.5 Å². The Bertz CT molecular complexity index is 687. The lowest BCUT2D eigenvalue weighted by Gasteiger charge is -2.40. The number of para-hydroxylation sites is 1. The second kappa shape index (κ2) is 4.77. The summed E-state index contributed by atoms with van der Waals surface area (Å²) in [4.78, 5) is 20.9. The fourth-order valence-corrected chi connectivity index (χ4v) is 2.96. The Morgan fingerprint density at radius 1 is 1.14 bits per heavy atom. The normalized spacial score (nSPS) is 16.2. The number of hydrogen-bond acceptors (Lipinski definition) is 4. The SMILES string of the molecule is O=C(c1cccnc1)N1CCN2CCOc3cccc1c32. The number of carbonyl (C=O) groups excluding carboxylic acids is 1. The molecule has 106 valence electrons. The predicted molar refractivity (Wildman–Crippen MR) is 80.1 cm³/mol. The molecule has 1 aromatic carbocycles. The molecule has 0 aliphatic carbocycles. The third kappa shape index (κ3) is 1.93. The number of aromatic nitrogens is 1. The maximum absolute atomic E-state index is 12.7. The molecule has 0 N–H and O–H groups in total. The van der Waals surface area contributed by atoms with Crippen LogP contribution in [-0.2, 0) is 0 Å². The van der Waals surface area contributed by atoms with Crippen LogP contribution in [0.4, 0.5) is 11.4 Å². The van der Waals surface area contributed by atoms with Gasteiger partial charge in [-0.05, 0) is 24.3 Å². The van der Waals surface area contributed by atoms with Gasteiger partial charge in [-0.15, -0.1) is 0 Å². The number of rotatable bonds is 1. The molecule has 5 heteroatoms. The summed E-state index contributed by atoms with van der Waals surface area (Å²) in [5.41, 5.74) is 2.57. The summed E-state index contributed by atoms with van der Waals surface area (Å²) in [6.45, 7) is 3.09. The minimum absolute atomic E-state index is 0.0123. The molecule has 2 aliphatic heterocycles. The Morgan fingerprint density at radius 3 is 2.95 bits per heavy atom. The van der Waals surface area contributed by atoms with E-state index in [1.54, 1.807) is 24.5 Å². The van der Waals surface area contributed by atoms with Crippen molar-refractivity contribution in [3.63, 3.8) is 0 Å². The molecule has 0 saturated carbocycles. The van der Waals surface area contributed by atoms with Gasteiger partial charge in [0.1, 0.15) is 18.0 Å². The molecule has 4 rings (SSSR count). The van der Waals surface area contributed by atoms with Crippen LogP contribution in [0.25, 0.3) is 0 Å². The minimum atomic E-state index is -0.0123. The average molecular weight is 281 g/mol. The molecule has 2 aromatic rings.